The fourth-order valence-electron chi connectivity index (χ4n) is 1.16. The molecular weight excluding hydrogens is 234 g/mol. The number of aromatic amines is 1. The minimum atomic E-state index is -3.81. The van der Waals surface area contributed by atoms with Crippen LogP contribution in [0, 0.1) is 0 Å². The number of carbonyl (C=O) groups is 1. The summed E-state index contributed by atoms with van der Waals surface area (Å²) in [6, 6.07) is -1.11. The maximum absolute atomic E-state index is 11.6. The van der Waals surface area contributed by atoms with Gasteiger partial charge in [-0.05, 0) is 6.42 Å². The number of sulfonamides is 1. The Morgan fingerprint density at radius 1 is 1.69 bits per heavy atom. The molecule has 0 unspecified atom stereocenters. The molecule has 1 aromatic rings. The molecule has 7 nitrogen and oxygen atoms in total. The topological polar surface area (TPSA) is 112 Å². The van der Waals surface area contributed by atoms with Gasteiger partial charge < -0.3 is 5.11 Å². The van der Waals surface area contributed by atoms with Crippen molar-refractivity contribution < 1.29 is 18.3 Å². The van der Waals surface area contributed by atoms with Gasteiger partial charge in [-0.15, -0.1) is 0 Å². The number of carboxylic acid groups (broad SMARTS) is 1. The van der Waals surface area contributed by atoms with Crippen LogP contribution in [0.3, 0.4) is 0 Å². The Kier molecular flexibility index (Phi) is 4.02. The van der Waals surface area contributed by atoms with E-state index in [0.29, 0.717) is 6.42 Å². The van der Waals surface area contributed by atoms with E-state index in [0.717, 1.165) is 6.20 Å². The van der Waals surface area contributed by atoms with E-state index in [2.05, 4.69) is 14.9 Å². The summed E-state index contributed by atoms with van der Waals surface area (Å²) < 4.78 is 25.4. The molecule has 0 aliphatic rings. The van der Waals surface area contributed by atoms with Crippen LogP contribution in [0.2, 0.25) is 0 Å². The van der Waals surface area contributed by atoms with E-state index in [4.69, 9.17) is 5.11 Å². The second-order valence-corrected chi connectivity index (χ2v) is 4.95. The van der Waals surface area contributed by atoms with Gasteiger partial charge in [0.05, 0.1) is 6.20 Å². The molecule has 0 aliphatic carbocycles. The molecule has 0 amide bonds. The summed E-state index contributed by atoms with van der Waals surface area (Å²) in [6.07, 6.45) is 3.12. The molecule has 1 heterocycles. The maximum Gasteiger partial charge on any atom is 0.321 e. The summed E-state index contributed by atoms with van der Waals surface area (Å²) in [7, 11) is -3.81. The van der Waals surface area contributed by atoms with Gasteiger partial charge in [-0.25, -0.2) is 8.42 Å². The molecule has 1 aromatic heterocycles. The molecule has 0 saturated heterocycles. The molecule has 0 radical (unpaired) electrons. The molecular formula is C8H13N3O4S. The van der Waals surface area contributed by atoms with Crippen molar-refractivity contribution in [3.8, 4) is 0 Å². The van der Waals surface area contributed by atoms with E-state index in [1.54, 1.807) is 6.92 Å². The average molecular weight is 247 g/mol. The molecule has 0 spiro atoms. The minimum Gasteiger partial charge on any atom is -0.480 e. The maximum atomic E-state index is 11.6. The third-order valence-electron chi connectivity index (χ3n) is 1.96. The number of aromatic nitrogens is 2. The van der Waals surface area contributed by atoms with E-state index < -0.39 is 22.0 Å². The molecule has 0 aromatic carbocycles. The smallest absolute Gasteiger partial charge is 0.321 e. The molecule has 3 N–H and O–H groups in total. The molecule has 0 fully saturated rings. The highest BCUT2D eigenvalue weighted by atomic mass is 32.2. The predicted molar refractivity (Wildman–Crippen MR) is 55.2 cm³/mol. The zero-order valence-electron chi connectivity index (χ0n) is 8.67. The van der Waals surface area contributed by atoms with E-state index in [1.165, 1.54) is 6.20 Å². The molecule has 8 heteroatoms. The van der Waals surface area contributed by atoms with Gasteiger partial charge in [0.15, 0.2) is 0 Å². The van der Waals surface area contributed by atoms with Gasteiger partial charge in [0.25, 0.3) is 0 Å². The van der Waals surface area contributed by atoms with Crippen LogP contribution in [0.1, 0.15) is 19.8 Å². The lowest BCUT2D eigenvalue weighted by Crippen LogP contribution is -2.40. The Hall–Kier alpha value is -1.41. The van der Waals surface area contributed by atoms with Crippen LogP contribution in [0.4, 0.5) is 0 Å². The standard InChI is InChI=1S/C8H13N3O4S/c1-2-3-7(8(12)13)11-16(14,15)6-4-9-10-5-6/h4-5,7,11H,2-3H2,1H3,(H,9,10)(H,12,13)/t7-/m1/s1. The lowest BCUT2D eigenvalue weighted by atomic mass is 10.2. The highest BCUT2D eigenvalue weighted by molar-refractivity contribution is 7.89. The van der Waals surface area contributed by atoms with Crippen LogP contribution in [-0.4, -0.2) is 35.7 Å². The molecule has 0 bridgehead atoms. The molecule has 90 valence electrons. The van der Waals surface area contributed by atoms with Crippen LogP contribution < -0.4 is 4.72 Å². The van der Waals surface area contributed by atoms with Gasteiger partial charge in [0.2, 0.25) is 10.0 Å². The summed E-state index contributed by atoms with van der Waals surface area (Å²) in [6.45, 7) is 1.78. The fourth-order valence-corrected chi connectivity index (χ4v) is 2.29. The number of nitrogens with one attached hydrogen (secondary N) is 2. The average Bonchev–Trinajstić information content (AvgIpc) is 2.69. The van der Waals surface area contributed by atoms with E-state index in [1.807, 2.05) is 0 Å². The first-order chi connectivity index (χ1) is 7.47. The second kappa shape index (κ2) is 5.08. The lowest BCUT2D eigenvalue weighted by molar-refractivity contribution is -0.139. The third kappa shape index (κ3) is 3.04. The first-order valence-corrected chi connectivity index (χ1v) is 6.19. The first-order valence-electron chi connectivity index (χ1n) is 4.71. The summed E-state index contributed by atoms with van der Waals surface area (Å²) in [5, 5.41) is 14.7. The monoisotopic (exact) mass is 247 g/mol. The van der Waals surface area contributed by atoms with Crippen molar-refractivity contribution in [3.05, 3.63) is 12.4 Å². The van der Waals surface area contributed by atoms with Crippen molar-refractivity contribution in [3.63, 3.8) is 0 Å². The summed E-state index contributed by atoms with van der Waals surface area (Å²) in [4.78, 5) is 10.7. The van der Waals surface area contributed by atoms with Crippen LogP contribution >= 0.6 is 0 Å². The van der Waals surface area contributed by atoms with Crippen molar-refractivity contribution in [1.82, 2.24) is 14.9 Å². The SMILES string of the molecule is CCC[C@@H](NS(=O)(=O)c1cn[nH]c1)C(=O)O. The number of hydrogen-bond acceptors (Lipinski definition) is 4. The number of aliphatic carboxylic acids is 1. The Morgan fingerprint density at radius 2 is 2.38 bits per heavy atom. The van der Waals surface area contributed by atoms with Crippen LogP contribution in [-0.2, 0) is 14.8 Å². The molecule has 0 saturated carbocycles. The van der Waals surface area contributed by atoms with Crippen molar-refractivity contribution in [1.29, 1.82) is 0 Å². The number of carboxylic acids is 1. The third-order valence-corrected chi connectivity index (χ3v) is 3.39. The van der Waals surface area contributed by atoms with Crippen molar-refractivity contribution in [2.75, 3.05) is 0 Å². The van der Waals surface area contributed by atoms with Gasteiger partial charge in [0, 0.05) is 6.20 Å². The van der Waals surface area contributed by atoms with Crippen molar-refractivity contribution >= 4 is 16.0 Å². The van der Waals surface area contributed by atoms with Crippen molar-refractivity contribution in [2.24, 2.45) is 0 Å². The number of nitrogens with zero attached hydrogens (tertiary/aromatic N) is 1. The Bertz CT molecular complexity index is 440. The van der Waals surface area contributed by atoms with Gasteiger partial charge in [0.1, 0.15) is 10.9 Å². The van der Waals surface area contributed by atoms with Gasteiger partial charge in [-0.2, -0.15) is 9.82 Å². The van der Waals surface area contributed by atoms with E-state index in [9.17, 15) is 13.2 Å². The summed E-state index contributed by atoms with van der Waals surface area (Å²) in [5.41, 5.74) is 0. The van der Waals surface area contributed by atoms with Crippen LogP contribution in [0.5, 0.6) is 0 Å². The highest BCUT2D eigenvalue weighted by Gasteiger charge is 2.24. The Morgan fingerprint density at radius 3 is 2.81 bits per heavy atom. The largest absolute Gasteiger partial charge is 0.480 e. The number of hydrogen-bond donors (Lipinski definition) is 3. The van der Waals surface area contributed by atoms with E-state index >= 15 is 0 Å². The fraction of sp³-hybridized carbons (Fsp3) is 0.500. The van der Waals surface area contributed by atoms with Crippen LogP contribution in [0.15, 0.2) is 17.3 Å². The highest BCUT2D eigenvalue weighted by Crippen LogP contribution is 2.07. The second-order valence-electron chi connectivity index (χ2n) is 3.23. The number of rotatable bonds is 6. The summed E-state index contributed by atoms with van der Waals surface area (Å²) >= 11 is 0. The molecule has 16 heavy (non-hydrogen) atoms. The van der Waals surface area contributed by atoms with Gasteiger partial charge in [-0.1, -0.05) is 13.3 Å². The quantitative estimate of drug-likeness (QED) is 0.652. The molecule has 0 aliphatic heterocycles. The van der Waals surface area contributed by atoms with E-state index in [-0.39, 0.29) is 11.3 Å². The number of H-pyrrole nitrogens is 1. The summed E-state index contributed by atoms with van der Waals surface area (Å²) in [5.74, 6) is -1.19. The first kappa shape index (κ1) is 12.7. The van der Waals surface area contributed by atoms with Crippen LogP contribution in [0.25, 0.3) is 0 Å². The van der Waals surface area contributed by atoms with Crippen molar-refractivity contribution in [2.45, 2.75) is 30.7 Å². The zero-order chi connectivity index (χ0) is 12.2. The Labute approximate surface area is 92.9 Å². The molecule has 1 rings (SSSR count). The van der Waals surface area contributed by atoms with Gasteiger partial charge in [-0.3, -0.25) is 9.89 Å². The normalized spacial score (nSPS) is 13.6. The molecule has 1 atom stereocenters. The zero-order valence-corrected chi connectivity index (χ0v) is 9.49. The minimum absolute atomic E-state index is 0.0742. The predicted octanol–water partition coefficient (Wildman–Crippen LogP) is -0.0587. The van der Waals surface area contributed by atoms with Gasteiger partial charge >= 0.3 is 5.97 Å². The lowest BCUT2D eigenvalue weighted by Gasteiger charge is -2.12. The Balaban J connectivity index is 2.82.